The zero-order chi connectivity index (χ0) is 21.5. The van der Waals surface area contributed by atoms with Gasteiger partial charge in [-0.1, -0.05) is 0 Å². The molecule has 5 rings (SSSR count). The van der Waals surface area contributed by atoms with Gasteiger partial charge in [0.2, 0.25) is 5.95 Å². The van der Waals surface area contributed by atoms with Crippen molar-refractivity contribution in [1.29, 1.82) is 0 Å². The fraction of sp³-hybridized carbons (Fsp3) is 0.348. The molecular weight excluding hydrogens is 398 g/mol. The van der Waals surface area contributed by atoms with Crippen LogP contribution in [0.1, 0.15) is 28.8 Å². The van der Waals surface area contributed by atoms with Crippen LogP contribution in [-0.2, 0) is 11.3 Å². The molecular formula is C23H23N3O5. The van der Waals surface area contributed by atoms with E-state index < -0.39 is 0 Å². The van der Waals surface area contributed by atoms with E-state index in [-0.39, 0.29) is 25.2 Å². The van der Waals surface area contributed by atoms with Crippen molar-refractivity contribution in [1.82, 2.24) is 9.97 Å². The highest BCUT2D eigenvalue weighted by atomic mass is 16.5. The Bertz CT molecular complexity index is 1160. The number of esters is 1. The molecule has 0 bridgehead atoms. The molecule has 1 saturated heterocycles. The maximum absolute atomic E-state index is 12.6. The molecule has 3 heterocycles. The predicted octanol–water partition coefficient (Wildman–Crippen LogP) is 2.95. The van der Waals surface area contributed by atoms with Crippen molar-refractivity contribution in [3.8, 4) is 22.6 Å². The van der Waals surface area contributed by atoms with Gasteiger partial charge in [-0.3, -0.25) is 0 Å². The minimum absolute atomic E-state index is 0.0411. The predicted molar refractivity (Wildman–Crippen MR) is 115 cm³/mol. The summed E-state index contributed by atoms with van der Waals surface area (Å²) < 4.78 is 16.3. The number of benzene rings is 2. The van der Waals surface area contributed by atoms with Crippen LogP contribution in [0.4, 0.5) is 5.95 Å². The molecule has 0 spiro atoms. The lowest BCUT2D eigenvalue weighted by Gasteiger charge is -2.23. The van der Waals surface area contributed by atoms with Gasteiger partial charge in [0.1, 0.15) is 6.61 Å². The van der Waals surface area contributed by atoms with Crippen LogP contribution in [0.2, 0.25) is 0 Å². The lowest BCUT2D eigenvalue weighted by molar-refractivity contribution is 0.0535. The van der Waals surface area contributed by atoms with Crippen molar-refractivity contribution in [2.75, 3.05) is 32.3 Å². The van der Waals surface area contributed by atoms with E-state index in [0.717, 1.165) is 46.8 Å². The zero-order valence-electron chi connectivity index (χ0n) is 17.4. The molecule has 0 amide bonds. The number of aromatic nitrogens is 2. The Morgan fingerprint density at radius 3 is 2.58 bits per heavy atom. The first-order valence-electron chi connectivity index (χ1n) is 10.2. The SMILES string of the molecule is COc1cc2cc3c(c(-c4cnc(N5CCC[C@@H]5CO)nc4)c2cc1OC)C(=O)OC3. The van der Waals surface area contributed by atoms with Crippen LogP contribution in [0.15, 0.2) is 30.6 Å². The number of aliphatic hydroxyl groups is 1. The maximum Gasteiger partial charge on any atom is 0.339 e. The Morgan fingerprint density at radius 1 is 1.13 bits per heavy atom. The molecule has 0 saturated carbocycles. The Balaban J connectivity index is 1.68. The number of nitrogens with zero attached hydrogens (tertiary/aromatic N) is 3. The third-order valence-corrected chi connectivity index (χ3v) is 6.06. The summed E-state index contributed by atoms with van der Waals surface area (Å²) in [4.78, 5) is 23.7. The van der Waals surface area contributed by atoms with E-state index in [4.69, 9.17) is 14.2 Å². The number of hydrogen-bond donors (Lipinski definition) is 1. The van der Waals surface area contributed by atoms with Crippen molar-refractivity contribution in [3.63, 3.8) is 0 Å². The van der Waals surface area contributed by atoms with Gasteiger partial charge >= 0.3 is 5.97 Å². The second-order valence-electron chi connectivity index (χ2n) is 7.73. The third-order valence-electron chi connectivity index (χ3n) is 6.06. The topological polar surface area (TPSA) is 94.0 Å². The molecule has 1 N–H and O–H groups in total. The number of aliphatic hydroxyl groups excluding tert-OH is 1. The molecule has 2 aliphatic rings. The summed E-state index contributed by atoms with van der Waals surface area (Å²) >= 11 is 0. The summed E-state index contributed by atoms with van der Waals surface area (Å²) in [6, 6.07) is 5.75. The summed E-state index contributed by atoms with van der Waals surface area (Å²) in [5, 5.41) is 11.4. The van der Waals surface area contributed by atoms with Crippen LogP contribution >= 0.6 is 0 Å². The number of carbonyl (C=O) groups is 1. The monoisotopic (exact) mass is 421 g/mol. The zero-order valence-corrected chi connectivity index (χ0v) is 17.4. The molecule has 1 atom stereocenters. The summed E-state index contributed by atoms with van der Waals surface area (Å²) in [5.74, 6) is 1.41. The van der Waals surface area contributed by atoms with Gasteiger partial charge in [0.25, 0.3) is 0 Å². The second-order valence-corrected chi connectivity index (χ2v) is 7.73. The van der Waals surface area contributed by atoms with Crippen molar-refractivity contribution in [3.05, 3.63) is 41.7 Å². The molecule has 0 unspecified atom stereocenters. The van der Waals surface area contributed by atoms with Crippen LogP contribution in [0.25, 0.3) is 21.9 Å². The minimum atomic E-state index is -0.356. The van der Waals surface area contributed by atoms with Crippen molar-refractivity contribution in [2.24, 2.45) is 0 Å². The second kappa shape index (κ2) is 7.70. The first-order valence-corrected chi connectivity index (χ1v) is 10.2. The molecule has 0 aliphatic carbocycles. The number of rotatable bonds is 5. The molecule has 31 heavy (non-hydrogen) atoms. The van der Waals surface area contributed by atoms with Gasteiger partial charge in [-0.15, -0.1) is 0 Å². The van der Waals surface area contributed by atoms with Crippen LogP contribution in [0, 0.1) is 0 Å². The van der Waals surface area contributed by atoms with Crippen LogP contribution in [-0.4, -0.2) is 54.5 Å². The lowest BCUT2D eigenvalue weighted by Crippen LogP contribution is -2.33. The Labute approximate surface area is 179 Å². The molecule has 160 valence electrons. The number of cyclic esters (lactones) is 1. The van der Waals surface area contributed by atoms with E-state index in [1.807, 2.05) is 23.1 Å². The summed E-state index contributed by atoms with van der Waals surface area (Å²) in [7, 11) is 3.17. The molecule has 3 aromatic rings. The van der Waals surface area contributed by atoms with Gasteiger partial charge in [-0.25, -0.2) is 14.8 Å². The smallest absolute Gasteiger partial charge is 0.339 e. The maximum atomic E-state index is 12.6. The van der Waals surface area contributed by atoms with Gasteiger partial charge < -0.3 is 24.2 Å². The Morgan fingerprint density at radius 2 is 1.87 bits per heavy atom. The van der Waals surface area contributed by atoms with Gasteiger partial charge in [-0.2, -0.15) is 0 Å². The van der Waals surface area contributed by atoms with Crippen molar-refractivity contribution in [2.45, 2.75) is 25.5 Å². The summed E-state index contributed by atoms with van der Waals surface area (Å²) in [5.41, 5.74) is 2.80. The van der Waals surface area contributed by atoms with Crippen LogP contribution in [0.3, 0.4) is 0 Å². The minimum Gasteiger partial charge on any atom is -0.493 e. The fourth-order valence-corrected chi connectivity index (χ4v) is 4.54. The van der Waals surface area contributed by atoms with E-state index in [1.165, 1.54) is 0 Å². The molecule has 0 radical (unpaired) electrons. The number of carbonyl (C=O) groups excluding carboxylic acids is 1. The average molecular weight is 421 g/mol. The van der Waals surface area contributed by atoms with Gasteiger partial charge in [-0.05, 0) is 41.8 Å². The summed E-state index contributed by atoms with van der Waals surface area (Å²) in [6.07, 6.45) is 5.38. The van der Waals surface area contributed by atoms with Gasteiger partial charge in [0.05, 0.1) is 32.4 Å². The van der Waals surface area contributed by atoms with Gasteiger partial charge in [0, 0.05) is 35.6 Å². The summed E-state index contributed by atoms with van der Waals surface area (Å²) in [6.45, 7) is 1.13. The molecule has 1 fully saturated rings. The van der Waals surface area contributed by atoms with E-state index in [1.54, 1.807) is 26.6 Å². The van der Waals surface area contributed by atoms with Gasteiger partial charge in [0.15, 0.2) is 11.5 Å². The lowest BCUT2D eigenvalue weighted by atomic mass is 9.91. The van der Waals surface area contributed by atoms with Crippen molar-refractivity contribution < 1.29 is 24.1 Å². The largest absolute Gasteiger partial charge is 0.493 e. The number of ether oxygens (including phenoxy) is 3. The van der Waals surface area contributed by atoms with E-state index in [0.29, 0.717) is 23.0 Å². The quantitative estimate of drug-likeness (QED) is 0.629. The van der Waals surface area contributed by atoms with E-state index >= 15 is 0 Å². The normalized spacial score (nSPS) is 17.7. The Kier molecular flexibility index (Phi) is 4.86. The highest BCUT2D eigenvalue weighted by Crippen LogP contribution is 2.42. The first kappa shape index (κ1) is 19.6. The number of methoxy groups -OCH3 is 2. The Hall–Kier alpha value is -3.39. The van der Waals surface area contributed by atoms with Crippen LogP contribution < -0.4 is 14.4 Å². The number of hydrogen-bond acceptors (Lipinski definition) is 8. The number of fused-ring (bicyclic) bond motifs is 2. The highest BCUT2D eigenvalue weighted by molar-refractivity contribution is 6.11. The fourth-order valence-electron chi connectivity index (χ4n) is 4.54. The standard InChI is InChI=1S/C23H23N3O5/c1-29-18-7-13-6-14-12-31-22(28)21(14)20(17(13)8-19(18)30-2)15-9-24-23(25-10-15)26-5-3-4-16(26)11-27/h6-10,16,27H,3-5,11-12H2,1-2H3/t16-/m1/s1. The third kappa shape index (κ3) is 3.14. The molecule has 8 heteroatoms. The highest BCUT2D eigenvalue weighted by Gasteiger charge is 2.30. The van der Waals surface area contributed by atoms with E-state index in [2.05, 4.69) is 9.97 Å². The molecule has 2 aromatic carbocycles. The van der Waals surface area contributed by atoms with Crippen LogP contribution in [0.5, 0.6) is 11.5 Å². The molecule has 1 aromatic heterocycles. The average Bonchev–Trinajstić information content (AvgIpc) is 3.43. The van der Waals surface area contributed by atoms with E-state index in [9.17, 15) is 9.90 Å². The first-order chi connectivity index (χ1) is 15.1. The number of anilines is 1. The van der Waals surface area contributed by atoms with Crippen molar-refractivity contribution >= 4 is 22.7 Å². The molecule has 2 aliphatic heterocycles. The molecule has 8 nitrogen and oxygen atoms in total.